The molecule has 7 nitrogen and oxygen atoms in total. The van der Waals surface area contributed by atoms with E-state index in [4.69, 9.17) is 24.9 Å². The maximum Gasteiger partial charge on any atom is 0.344 e. The summed E-state index contributed by atoms with van der Waals surface area (Å²) < 4.78 is 17.3. The van der Waals surface area contributed by atoms with E-state index >= 15 is 0 Å². The highest BCUT2D eigenvalue weighted by Gasteiger charge is 2.21. The van der Waals surface area contributed by atoms with E-state index in [1.807, 2.05) is 72.8 Å². The third kappa shape index (κ3) is 5.80. The van der Waals surface area contributed by atoms with E-state index in [0.29, 0.717) is 68.7 Å². The molecule has 0 amide bonds. The number of aromatic nitrogens is 1. The summed E-state index contributed by atoms with van der Waals surface area (Å²) in [5.74, 6) is 0.111. The number of pyridine rings is 1. The Kier molecular flexibility index (Phi) is 8.03. The van der Waals surface area contributed by atoms with Gasteiger partial charge in [0, 0.05) is 16.8 Å². The van der Waals surface area contributed by atoms with E-state index in [1.54, 1.807) is 26.0 Å². The van der Waals surface area contributed by atoms with Crippen LogP contribution in [-0.4, -0.2) is 30.1 Å². The van der Waals surface area contributed by atoms with Crippen LogP contribution in [0.3, 0.4) is 0 Å². The zero-order chi connectivity index (χ0) is 28.1. The van der Waals surface area contributed by atoms with Gasteiger partial charge in [-0.3, -0.25) is 0 Å². The van der Waals surface area contributed by atoms with Crippen LogP contribution in [0.1, 0.15) is 43.8 Å². The van der Waals surface area contributed by atoms with E-state index in [-0.39, 0.29) is 6.61 Å². The Morgan fingerprint density at radius 1 is 0.800 bits per heavy atom. The highest BCUT2D eigenvalue weighted by Crippen LogP contribution is 2.32. The van der Waals surface area contributed by atoms with Crippen LogP contribution in [0.2, 0.25) is 0 Å². The number of fused-ring (bicyclic) bond motifs is 2. The molecule has 0 atom stereocenters. The topological polar surface area (TPSA) is 101 Å². The SMILES string of the molecule is Cc1cc(C(=O)OCc2ccccc2)cc(C)c1OC(=O)c1c2ccccc2nc2cc(OCCCN)ccc12. The van der Waals surface area contributed by atoms with Crippen LogP contribution in [-0.2, 0) is 11.3 Å². The summed E-state index contributed by atoms with van der Waals surface area (Å²) in [5.41, 5.74) is 9.89. The molecule has 1 heterocycles. The molecule has 0 saturated heterocycles. The van der Waals surface area contributed by atoms with Crippen molar-refractivity contribution in [3.8, 4) is 11.5 Å². The number of carbonyl (C=O) groups is 2. The molecule has 7 heteroatoms. The van der Waals surface area contributed by atoms with E-state index in [9.17, 15) is 9.59 Å². The normalized spacial score (nSPS) is 11.0. The second kappa shape index (κ2) is 12.0. The number of nitrogens with two attached hydrogens (primary N) is 1. The molecule has 1 aromatic heterocycles. The van der Waals surface area contributed by atoms with E-state index in [1.165, 1.54) is 0 Å². The standard InChI is InChI=1S/C33H30N2O5/c1-21-17-24(32(36)39-20-23-9-4-3-5-10-23)18-22(2)31(21)40-33(37)30-26-11-6-7-12-28(26)35-29-19-25(13-14-27(29)30)38-16-8-15-34/h3-7,9-14,17-19H,8,15-16,20,34H2,1-2H3. The molecule has 0 spiro atoms. The van der Waals surface area contributed by atoms with Crippen molar-refractivity contribution in [2.24, 2.45) is 5.73 Å². The summed E-state index contributed by atoms with van der Waals surface area (Å²) in [7, 11) is 0. The first-order valence-corrected chi connectivity index (χ1v) is 13.1. The van der Waals surface area contributed by atoms with Crippen LogP contribution in [0.4, 0.5) is 0 Å². The molecule has 0 radical (unpaired) electrons. The van der Waals surface area contributed by atoms with Crippen molar-refractivity contribution in [1.29, 1.82) is 0 Å². The van der Waals surface area contributed by atoms with Gasteiger partial charge in [-0.1, -0.05) is 48.5 Å². The lowest BCUT2D eigenvalue weighted by atomic mass is 10.0. The van der Waals surface area contributed by atoms with E-state index in [0.717, 1.165) is 12.0 Å². The molecule has 202 valence electrons. The summed E-state index contributed by atoms with van der Waals surface area (Å²) in [5, 5.41) is 1.35. The maximum atomic E-state index is 13.7. The fraction of sp³-hybridized carbons (Fsp3) is 0.182. The molecular formula is C33H30N2O5. The Balaban J connectivity index is 1.43. The minimum absolute atomic E-state index is 0.177. The van der Waals surface area contributed by atoms with E-state index < -0.39 is 11.9 Å². The van der Waals surface area contributed by atoms with Gasteiger partial charge >= 0.3 is 11.9 Å². The summed E-state index contributed by atoms with van der Waals surface area (Å²) >= 11 is 0. The number of nitrogens with zero attached hydrogens (tertiary/aromatic N) is 1. The van der Waals surface area contributed by atoms with Gasteiger partial charge in [0.25, 0.3) is 0 Å². The van der Waals surface area contributed by atoms with Crippen LogP contribution in [0.5, 0.6) is 11.5 Å². The van der Waals surface area contributed by atoms with Crippen LogP contribution >= 0.6 is 0 Å². The number of para-hydroxylation sites is 1. The minimum atomic E-state index is -0.508. The van der Waals surface area contributed by atoms with Crippen molar-refractivity contribution in [3.05, 3.63) is 113 Å². The Labute approximate surface area is 232 Å². The van der Waals surface area contributed by atoms with Crippen molar-refractivity contribution < 1.29 is 23.8 Å². The zero-order valence-electron chi connectivity index (χ0n) is 22.5. The predicted octanol–water partition coefficient (Wildman–Crippen LogP) is 6.31. The molecule has 0 aliphatic carbocycles. The van der Waals surface area contributed by atoms with Gasteiger partial charge in [0.05, 0.1) is 28.8 Å². The van der Waals surface area contributed by atoms with E-state index in [2.05, 4.69) is 0 Å². The Morgan fingerprint density at radius 3 is 2.25 bits per heavy atom. The number of aryl methyl sites for hydroxylation is 2. The van der Waals surface area contributed by atoms with Gasteiger partial charge in [-0.15, -0.1) is 0 Å². The quantitative estimate of drug-likeness (QED) is 0.102. The molecule has 0 unspecified atom stereocenters. The zero-order valence-corrected chi connectivity index (χ0v) is 22.5. The number of hydrogen-bond donors (Lipinski definition) is 1. The number of esters is 2. The third-order valence-corrected chi connectivity index (χ3v) is 6.58. The van der Waals surface area contributed by atoms with Gasteiger partial charge in [-0.2, -0.15) is 0 Å². The first kappa shape index (κ1) is 26.8. The predicted molar refractivity (Wildman–Crippen MR) is 155 cm³/mol. The second-order valence-corrected chi connectivity index (χ2v) is 9.56. The molecule has 40 heavy (non-hydrogen) atoms. The number of benzene rings is 4. The first-order chi connectivity index (χ1) is 19.4. The lowest BCUT2D eigenvalue weighted by molar-refractivity contribution is 0.0472. The van der Waals surface area contributed by atoms with Gasteiger partial charge in [-0.05, 0) is 73.8 Å². The van der Waals surface area contributed by atoms with Crippen molar-refractivity contribution in [1.82, 2.24) is 4.98 Å². The molecule has 0 aliphatic rings. The molecule has 0 bridgehead atoms. The Bertz CT molecular complexity index is 1680. The van der Waals surface area contributed by atoms with Crippen molar-refractivity contribution in [3.63, 3.8) is 0 Å². The van der Waals surface area contributed by atoms with Gasteiger partial charge < -0.3 is 19.9 Å². The third-order valence-electron chi connectivity index (χ3n) is 6.58. The molecule has 4 aromatic carbocycles. The monoisotopic (exact) mass is 534 g/mol. The summed E-state index contributed by atoms with van der Waals surface area (Å²) in [6.45, 7) is 4.82. The average Bonchev–Trinajstić information content (AvgIpc) is 2.96. The summed E-state index contributed by atoms with van der Waals surface area (Å²) in [6, 6.07) is 25.8. The van der Waals surface area contributed by atoms with Crippen molar-refractivity contribution in [2.45, 2.75) is 26.9 Å². The smallest absolute Gasteiger partial charge is 0.344 e. The van der Waals surface area contributed by atoms with Gasteiger partial charge in [0.2, 0.25) is 0 Å². The van der Waals surface area contributed by atoms with Gasteiger partial charge in [0.1, 0.15) is 18.1 Å². The fourth-order valence-electron chi connectivity index (χ4n) is 4.64. The van der Waals surface area contributed by atoms with Crippen LogP contribution in [0, 0.1) is 13.8 Å². The summed E-state index contributed by atoms with van der Waals surface area (Å²) in [6.07, 6.45) is 0.739. The molecular weight excluding hydrogens is 504 g/mol. The van der Waals surface area contributed by atoms with Crippen LogP contribution in [0.25, 0.3) is 21.8 Å². The molecule has 5 aromatic rings. The van der Waals surface area contributed by atoms with Crippen molar-refractivity contribution in [2.75, 3.05) is 13.2 Å². The first-order valence-electron chi connectivity index (χ1n) is 13.1. The van der Waals surface area contributed by atoms with Crippen LogP contribution < -0.4 is 15.2 Å². The molecule has 0 saturated carbocycles. The Hall–Kier alpha value is -4.75. The number of carbonyl (C=O) groups excluding carboxylic acids is 2. The number of ether oxygens (including phenoxy) is 3. The highest BCUT2D eigenvalue weighted by molar-refractivity contribution is 6.15. The highest BCUT2D eigenvalue weighted by atomic mass is 16.5. The lowest BCUT2D eigenvalue weighted by Gasteiger charge is -2.15. The average molecular weight is 535 g/mol. The molecule has 0 fully saturated rings. The Morgan fingerprint density at radius 2 is 1.50 bits per heavy atom. The van der Waals surface area contributed by atoms with Crippen molar-refractivity contribution >= 4 is 33.7 Å². The number of rotatable bonds is 9. The lowest BCUT2D eigenvalue weighted by Crippen LogP contribution is -2.13. The maximum absolute atomic E-state index is 13.7. The van der Waals surface area contributed by atoms with Gasteiger partial charge in [-0.25, -0.2) is 14.6 Å². The molecule has 5 rings (SSSR count). The number of hydrogen-bond acceptors (Lipinski definition) is 7. The van der Waals surface area contributed by atoms with Gasteiger partial charge in [0.15, 0.2) is 0 Å². The molecule has 0 aliphatic heterocycles. The fourth-order valence-corrected chi connectivity index (χ4v) is 4.64. The largest absolute Gasteiger partial charge is 0.493 e. The second-order valence-electron chi connectivity index (χ2n) is 9.56. The summed E-state index contributed by atoms with van der Waals surface area (Å²) in [4.78, 5) is 31.2. The van der Waals surface area contributed by atoms with Crippen LogP contribution in [0.15, 0.2) is 84.9 Å². The minimum Gasteiger partial charge on any atom is -0.493 e. The molecule has 2 N–H and O–H groups in total.